The summed E-state index contributed by atoms with van der Waals surface area (Å²) >= 11 is 0. The molecule has 172 valence electrons. The maximum Gasteiger partial charge on any atom is 0.190 e. The van der Waals surface area contributed by atoms with Crippen LogP contribution in [0.2, 0.25) is 0 Å². The number of hydrogen-bond acceptors (Lipinski definition) is 4. The van der Waals surface area contributed by atoms with Crippen LogP contribution in [-0.4, -0.2) is 57.8 Å². The van der Waals surface area contributed by atoms with E-state index in [1.54, 1.807) is 7.11 Å². The minimum atomic E-state index is 0.692. The van der Waals surface area contributed by atoms with Gasteiger partial charge in [0.1, 0.15) is 11.5 Å². The second-order valence-corrected chi connectivity index (χ2v) is 8.74. The molecule has 0 bridgehead atoms. The Labute approximate surface area is 192 Å². The van der Waals surface area contributed by atoms with Crippen molar-refractivity contribution in [3.05, 3.63) is 59.2 Å². The number of piperidine rings is 1. The first-order valence-corrected chi connectivity index (χ1v) is 11.8. The zero-order chi connectivity index (χ0) is 22.2. The van der Waals surface area contributed by atoms with E-state index in [2.05, 4.69) is 50.9 Å². The molecule has 2 aromatic rings. The average molecular weight is 437 g/mol. The van der Waals surface area contributed by atoms with Crippen molar-refractivity contribution < 1.29 is 9.47 Å². The molecule has 0 amide bonds. The zero-order valence-electron chi connectivity index (χ0n) is 19.4. The first-order valence-electron chi connectivity index (χ1n) is 11.8. The quantitative estimate of drug-likeness (QED) is 0.491. The molecule has 2 N–H and O–H groups in total. The van der Waals surface area contributed by atoms with Gasteiger partial charge < -0.3 is 20.1 Å². The minimum Gasteiger partial charge on any atom is -0.497 e. The number of fused-ring (bicyclic) bond motifs is 1. The standard InChI is InChI=1S/C26H36N4O2/c1-27-26(28-13-9-20-5-8-25-23(17-20)12-16-32-25)29-18-21-10-14-30(15-11-21)19-22-3-6-24(31-2)7-4-22/h3-8,17,21H,9-16,18-19H2,1-2H3,(H2,27,28,29). The number of benzene rings is 2. The van der Waals surface area contributed by atoms with Crippen molar-refractivity contribution in [3.8, 4) is 11.5 Å². The number of nitrogens with one attached hydrogen (secondary N) is 2. The first kappa shape index (κ1) is 22.5. The van der Waals surface area contributed by atoms with Gasteiger partial charge in [0.15, 0.2) is 5.96 Å². The fourth-order valence-corrected chi connectivity index (χ4v) is 4.52. The predicted octanol–water partition coefficient (Wildman–Crippen LogP) is 3.25. The second kappa shape index (κ2) is 11.2. The highest BCUT2D eigenvalue weighted by Crippen LogP contribution is 2.26. The summed E-state index contributed by atoms with van der Waals surface area (Å²) in [7, 11) is 3.56. The van der Waals surface area contributed by atoms with Gasteiger partial charge in [-0.3, -0.25) is 9.89 Å². The van der Waals surface area contributed by atoms with Crippen LogP contribution in [0.1, 0.15) is 29.5 Å². The number of hydrogen-bond donors (Lipinski definition) is 2. The Morgan fingerprint density at radius 3 is 2.62 bits per heavy atom. The Hall–Kier alpha value is -2.73. The molecule has 4 rings (SSSR count). The van der Waals surface area contributed by atoms with Gasteiger partial charge in [-0.1, -0.05) is 24.3 Å². The predicted molar refractivity (Wildman–Crippen MR) is 130 cm³/mol. The lowest BCUT2D eigenvalue weighted by atomic mass is 9.96. The van der Waals surface area contributed by atoms with Crippen LogP contribution in [0, 0.1) is 5.92 Å². The zero-order valence-corrected chi connectivity index (χ0v) is 19.4. The van der Waals surface area contributed by atoms with Crippen molar-refractivity contribution in [2.45, 2.75) is 32.2 Å². The van der Waals surface area contributed by atoms with Crippen molar-refractivity contribution in [1.82, 2.24) is 15.5 Å². The van der Waals surface area contributed by atoms with Crippen molar-refractivity contribution in [3.63, 3.8) is 0 Å². The maximum atomic E-state index is 5.60. The van der Waals surface area contributed by atoms with E-state index in [1.165, 1.54) is 29.5 Å². The molecule has 6 heteroatoms. The summed E-state index contributed by atoms with van der Waals surface area (Å²) < 4.78 is 10.8. The summed E-state index contributed by atoms with van der Waals surface area (Å²) in [6.45, 7) is 5.97. The fraction of sp³-hybridized carbons (Fsp3) is 0.500. The third kappa shape index (κ3) is 6.16. The van der Waals surface area contributed by atoms with Gasteiger partial charge in [-0.2, -0.15) is 0 Å². The summed E-state index contributed by atoms with van der Waals surface area (Å²) in [6, 6.07) is 15.0. The SMILES string of the molecule is CN=C(NCCc1ccc2c(c1)CCO2)NCC1CCN(Cc2ccc(OC)cc2)CC1. The molecular weight excluding hydrogens is 400 g/mol. The normalized spacial score (nSPS) is 17.0. The summed E-state index contributed by atoms with van der Waals surface area (Å²) in [4.78, 5) is 6.95. The molecule has 2 aliphatic rings. The smallest absolute Gasteiger partial charge is 0.190 e. The number of likely N-dealkylation sites (tertiary alicyclic amines) is 1. The van der Waals surface area contributed by atoms with Crippen LogP contribution in [0.3, 0.4) is 0 Å². The second-order valence-electron chi connectivity index (χ2n) is 8.74. The van der Waals surface area contributed by atoms with Gasteiger partial charge in [0.2, 0.25) is 0 Å². The van der Waals surface area contributed by atoms with Gasteiger partial charge in [0, 0.05) is 33.1 Å². The Morgan fingerprint density at radius 2 is 1.88 bits per heavy atom. The lowest BCUT2D eigenvalue weighted by Crippen LogP contribution is -2.43. The Bertz CT molecular complexity index is 889. The van der Waals surface area contributed by atoms with Crippen LogP contribution in [0.25, 0.3) is 0 Å². The van der Waals surface area contributed by atoms with Crippen molar-refractivity contribution >= 4 is 5.96 Å². The van der Waals surface area contributed by atoms with E-state index in [-0.39, 0.29) is 0 Å². The molecule has 6 nitrogen and oxygen atoms in total. The van der Waals surface area contributed by atoms with E-state index in [9.17, 15) is 0 Å². The number of aliphatic imine (C=N–C) groups is 1. The molecule has 1 fully saturated rings. The van der Waals surface area contributed by atoms with Gasteiger partial charge in [0.25, 0.3) is 0 Å². The summed E-state index contributed by atoms with van der Waals surface area (Å²) in [5, 5.41) is 6.99. The summed E-state index contributed by atoms with van der Waals surface area (Å²) in [5.41, 5.74) is 4.03. The van der Waals surface area contributed by atoms with E-state index >= 15 is 0 Å². The molecule has 0 atom stereocenters. The minimum absolute atomic E-state index is 0.692. The molecule has 0 aromatic heterocycles. The number of guanidine groups is 1. The van der Waals surface area contributed by atoms with E-state index in [0.717, 1.165) is 69.6 Å². The monoisotopic (exact) mass is 436 g/mol. The number of methoxy groups -OCH3 is 1. The maximum absolute atomic E-state index is 5.60. The van der Waals surface area contributed by atoms with Gasteiger partial charge in [-0.15, -0.1) is 0 Å². The fourth-order valence-electron chi connectivity index (χ4n) is 4.52. The first-order chi connectivity index (χ1) is 15.7. The van der Waals surface area contributed by atoms with Gasteiger partial charge in [-0.05, 0) is 73.2 Å². The molecule has 0 unspecified atom stereocenters. The Morgan fingerprint density at radius 1 is 1.09 bits per heavy atom. The molecule has 0 saturated carbocycles. The third-order valence-electron chi connectivity index (χ3n) is 6.51. The molecule has 0 aliphatic carbocycles. The van der Waals surface area contributed by atoms with Crippen LogP contribution in [0.15, 0.2) is 47.5 Å². The van der Waals surface area contributed by atoms with Crippen LogP contribution >= 0.6 is 0 Å². The van der Waals surface area contributed by atoms with Crippen LogP contribution in [0.5, 0.6) is 11.5 Å². The largest absolute Gasteiger partial charge is 0.497 e. The van der Waals surface area contributed by atoms with Crippen LogP contribution in [0.4, 0.5) is 0 Å². The van der Waals surface area contributed by atoms with Crippen molar-refractivity contribution in [2.75, 3.05) is 46.9 Å². The Balaban J connectivity index is 1.13. The van der Waals surface area contributed by atoms with Crippen LogP contribution < -0.4 is 20.1 Å². The number of rotatable bonds is 8. The highest BCUT2D eigenvalue weighted by Gasteiger charge is 2.19. The van der Waals surface area contributed by atoms with E-state index in [1.807, 2.05) is 19.2 Å². The number of ether oxygens (including phenoxy) is 2. The highest BCUT2D eigenvalue weighted by atomic mass is 16.5. The molecule has 32 heavy (non-hydrogen) atoms. The lowest BCUT2D eigenvalue weighted by Gasteiger charge is -2.32. The van der Waals surface area contributed by atoms with Crippen LogP contribution in [-0.2, 0) is 19.4 Å². The topological polar surface area (TPSA) is 58.1 Å². The van der Waals surface area contributed by atoms with Crippen molar-refractivity contribution in [1.29, 1.82) is 0 Å². The summed E-state index contributed by atoms with van der Waals surface area (Å²) in [5.74, 6) is 3.56. The molecule has 0 radical (unpaired) electrons. The molecule has 2 aromatic carbocycles. The number of nitrogens with zero attached hydrogens (tertiary/aromatic N) is 2. The Kier molecular flexibility index (Phi) is 7.88. The average Bonchev–Trinajstić information content (AvgIpc) is 3.31. The lowest BCUT2D eigenvalue weighted by molar-refractivity contribution is 0.178. The van der Waals surface area contributed by atoms with Gasteiger partial charge in [0.05, 0.1) is 13.7 Å². The summed E-state index contributed by atoms with van der Waals surface area (Å²) in [6.07, 6.45) is 4.45. The van der Waals surface area contributed by atoms with E-state index in [0.29, 0.717) is 5.92 Å². The molecule has 1 saturated heterocycles. The van der Waals surface area contributed by atoms with Gasteiger partial charge >= 0.3 is 0 Å². The van der Waals surface area contributed by atoms with Gasteiger partial charge in [-0.25, -0.2) is 0 Å². The third-order valence-corrected chi connectivity index (χ3v) is 6.51. The molecular formula is C26H36N4O2. The molecule has 2 heterocycles. The van der Waals surface area contributed by atoms with E-state index < -0.39 is 0 Å². The highest BCUT2D eigenvalue weighted by molar-refractivity contribution is 5.79. The van der Waals surface area contributed by atoms with E-state index in [4.69, 9.17) is 9.47 Å². The van der Waals surface area contributed by atoms with Crippen molar-refractivity contribution in [2.24, 2.45) is 10.9 Å². The molecule has 0 spiro atoms. The molecule has 2 aliphatic heterocycles.